The standard InChI is InChI=1S/C23H23ClFN3O2S/c1-14(21(29)26-15-7-3-2-4-8-15)31-23-27-20-10-6-5-9-17(20)22(30)28(23)16-11-12-19(25)18(24)13-16/h5-6,9-15H,2-4,7-8H2,1H3,(H,26,29). The summed E-state index contributed by atoms with van der Waals surface area (Å²) in [6.07, 6.45) is 5.46. The van der Waals surface area contributed by atoms with Crippen molar-refractivity contribution in [3.8, 4) is 5.69 Å². The minimum Gasteiger partial charge on any atom is -0.352 e. The van der Waals surface area contributed by atoms with Crippen molar-refractivity contribution in [3.05, 3.63) is 63.7 Å². The molecule has 162 valence electrons. The second kappa shape index (κ2) is 9.40. The number of benzene rings is 2. The zero-order chi connectivity index (χ0) is 22.0. The number of amides is 1. The second-order valence-corrected chi connectivity index (χ2v) is 9.47. The highest BCUT2D eigenvalue weighted by molar-refractivity contribution is 8.00. The van der Waals surface area contributed by atoms with Gasteiger partial charge in [-0.25, -0.2) is 9.37 Å². The Morgan fingerprint density at radius 3 is 2.71 bits per heavy atom. The smallest absolute Gasteiger partial charge is 0.266 e. The monoisotopic (exact) mass is 459 g/mol. The van der Waals surface area contributed by atoms with Gasteiger partial charge in [0, 0.05) is 6.04 Å². The second-order valence-electron chi connectivity index (χ2n) is 7.75. The van der Waals surface area contributed by atoms with Crippen molar-refractivity contribution in [3.63, 3.8) is 0 Å². The van der Waals surface area contributed by atoms with Gasteiger partial charge in [-0.1, -0.05) is 54.8 Å². The molecule has 1 aliphatic rings. The number of carbonyl (C=O) groups is 1. The number of fused-ring (bicyclic) bond motifs is 1. The third-order valence-electron chi connectivity index (χ3n) is 5.51. The van der Waals surface area contributed by atoms with Gasteiger partial charge in [-0.2, -0.15) is 0 Å². The number of aromatic nitrogens is 2. The first-order valence-electron chi connectivity index (χ1n) is 10.4. The van der Waals surface area contributed by atoms with Crippen LogP contribution in [-0.4, -0.2) is 26.8 Å². The van der Waals surface area contributed by atoms with Crippen LogP contribution in [0.2, 0.25) is 5.02 Å². The predicted molar refractivity (Wildman–Crippen MR) is 123 cm³/mol. The number of hydrogen-bond acceptors (Lipinski definition) is 4. The molecule has 1 amide bonds. The van der Waals surface area contributed by atoms with E-state index in [4.69, 9.17) is 11.6 Å². The van der Waals surface area contributed by atoms with Crippen LogP contribution in [0.15, 0.2) is 52.4 Å². The summed E-state index contributed by atoms with van der Waals surface area (Å²) < 4.78 is 15.1. The van der Waals surface area contributed by atoms with Crippen LogP contribution in [0.3, 0.4) is 0 Å². The van der Waals surface area contributed by atoms with Crippen molar-refractivity contribution in [2.75, 3.05) is 0 Å². The van der Waals surface area contributed by atoms with E-state index >= 15 is 0 Å². The van der Waals surface area contributed by atoms with Gasteiger partial charge in [0.25, 0.3) is 5.56 Å². The molecule has 3 aromatic rings. The number of halogens is 2. The Kier molecular flexibility index (Phi) is 6.62. The van der Waals surface area contributed by atoms with Crippen LogP contribution in [0, 0.1) is 5.82 Å². The lowest BCUT2D eigenvalue weighted by Gasteiger charge is -2.24. The van der Waals surface area contributed by atoms with E-state index in [2.05, 4.69) is 10.3 Å². The molecule has 1 aliphatic carbocycles. The minimum atomic E-state index is -0.568. The molecule has 1 aromatic heterocycles. The molecule has 1 saturated carbocycles. The fourth-order valence-corrected chi connectivity index (χ4v) is 4.93. The van der Waals surface area contributed by atoms with Crippen LogP contribution in [0.5, 0.6) is 0 Å². The number of nitrogens with zero attached hydrogens (tertiary/aromatic N) is 2. The zero-order valence-corrected chi connectivity index (χ0v) is 18.7. The van der Waals surface area contributed by atoms with Crippen LogP contribution < -0.4 is 10.9 Å². The highest BCUT2D eigenvalue weighted by Gasteiger charge is 2.23. The number of para-hydroxylation sites is 1. The number of rotatable bonds is 5. The fraction of sp³-hybridized carbons (Fsp3) is 0.348. The summed E-state index contributed by atoms with van der Waals surface area (Å²) in [5, 5.41) is 3.37. The van der Waals surface area contributed by atoms with Crippen molar-refractivity contribution >= 4 is 40.2 Å². The molecule has 0 bridgehead atoms. The molecule has 31 heavy (non-hydrogen) atoms. The first-order valence-corrected chi connectivity index (χ1v) is 11.6. The third kappa shape index (κ3) is 4.77. The van der Waals surface area contributed by atoms with Gasteiger partial charge in [0.05, 0.1) is 26.9 Å². The number of thioether (sulfide) groups is 1. The Morgan fingerprint density at radius 1 is 1.23 bits per heavy atom. The molecule has 0 radical (unpaired) electrons. The van der Waals surface area contributed by atoms with Crippen molar-refractivity contribution in [2.24, 2.45) is 0 Å². The molecule has 1 heterocycles. The maximum atomic E-state index is 13.7. The van der Waals surface area contributed by atoms with Gasteiger partial charge in [0.15, 0.2) is 5.16 Å². The van der Waals surface area contributed by atoms with Gasteiger partial charge in [0.1, 0.15) is 5.82 Å². The molecule has 1 N–H and O–H groups in total. The summed E-state index contributed by atoms with van der Waals surface area (Å²) in [5.74, 6) is -0.648. The van der Waals surface area contributed by atoms with E-state index in [0.29, 0.717) is 21.7 Å². The Balaban J connectivity index is 1.71. The van der Waals surface area contributed by atoms with E-state index in [-0.39, 0.29) is 22.5 Å². The lowest BCUT2D eigenvalue weighted by atomic mass is 9.95. The average molecular weight is 460 g/mol. The molecule has 2 aromatic carbocycles. The molecule has 5 nitrogen and oxygen atoms in total. The molecule has 0 aliphatic heterocycles. The van der Waals surface area contributed by atoms with E-state index in [1.54, 1.807) is 25.1 Å². The Morgan fingerprint density at radius 2 is 1.97 bits per heavy atom. The fourth-order valence-electron chi connectivity index (χ4n) is 3.82. The van der Waals surface area contributed by atoms with Crippen molar-refractivity contribution in [1.29, 1.82) is 0 Å². The SMILES string of the molecule is CC(Sc1nc2ccccc2c(=O)n1-c1ccc(F)c(Cl)c1)C(=O)NC1CCCCC1. The van der Waals surface area contributed by atoms with Gasteiger partial charge in [-0.3, -0.25) is 14.2 Å². The molecule has 1 atom stereocenters. The number of hydrogen-bond donors (Lipinski definition) is 1. The highest BCUT2D eigenvalue weighted by Crippen LogP contribution is 2.27. The first-order chi connectivity index (χ1) is 14.9. The molecule has 0 saturated heterocycles. The Hall–Kier alpha value is -2.38. The van der Waals surface area contributed by atoms with E-state index in [0.717, 1.165) is 25.7 Å². The quantitative estimate of drug-likeness (QED) is 0.425. The molecular formula is C23H23ClFN3O2S. The predicted octanol–water partition coefficient (Wildman–Crippen LogP) is 5.11. The van der Waals surface area contributed by atoms with Gasteiger partial charge in [-0.15, -0.1) is 0 Å². The molecule has 0 spiro atoms. The summed E-state index contributed by atoms with van der Waals surface area (Å²) in [5.41, 5.74) is 0.645. The normalized spacial score (nSPS) is 15.7. The lowest BCUT2D eigenvalue weighted by Crippen LogP contribution is -2.40. The summed E-state index contributed by atoms with van der Waals surface area (Å²) in [4.78, 5) is 30.7. The topological polar surface area (TPSA) is 64.0 Å². The summed E-state index contributed by atoms with van der Waals surface area (Å²) >= 11 is 7.17. The largest absolute Gasteiger partial charge is 0.352 e. The van der Waals surface area contributed by atoms with Gasteiger partial charge in [-0.05, 0) is 50.1 Å². The molecule has 4 rings (SSSR count). The Bertz CT molecular complexity index is 1180. The highest BCUT2D eigenvalue weighted by atomic mass is 35.5. The maximum absolute atomic E-state index is 13.7. The number of nitrogens with one attached hydrogen (secondary N) is 1. The van der Waals surface area contributed by atoms with E-state index < -0.39 is 11.1 Å². The third-order valence-corrected chi connectivity index (χ3v) is 6.85. The van der Waals surface area contributed by atoms with E-state index in [9.17, 15) is 14.0 Å². The van der Waals surface area contributed by atoms with Crippen LogP contribution >= 0.6 is 23.4 Å². The molecule has 1 fully saturated rings. The zero-order valence-electron chi connectivity index (χ0n) is 17.1. The van der Waals surface area contributed by atoms with Crippen molar-refractivity contribution in [1.82, 2.24) is 14.9 Å². The van der Waals surface area contributed by atoms with Crippen LogP contribution in [0.4, 0.5) is 4.39 Å². The molecule has 8 heteroatoms. The molecule has 1 unspecified atom stereocenters. The minimum absolute atomic E-state index is 0.0806. The van der Waals surface area contributed by atoms with Crippen LogP contribution in [-0.2, 0) is 4.79 Å². The van der Waals surface area contributed by atoms with Crippen molar-refractivity contribution < 1.29 is 9.18 Å². The van der Waals surface area contributed by atoms with E-state index in [1.807, 2.05) is 6.07 Å². The van der Waals surface area contributed by atoms with Gasteiger partial charge < -0.3 is 5.32 Å². The van der Waals surface area contributed by atoms with Crippen LogP contribution in [0.25, 0.3) is 16.6 Å². The van der Waals surface area contributed by atoms with Gasteiger partial charge in [0.2, 0.25) is 5.91 Å². The van der Waals surface area contributed by atoms with Crippen molar-refractivity contribution in [2.45, 2.75) is 55.5 Å². The summed E-state index contributed by atoms with van der Waals surface area (Å²) in [7, 11) is 0. The van der Waals surface area contributed by atoms with E-state index in [1.165, 1.54) is 40.9 Å². The summed E-state index contributed by atoms with van der Waals surface area (Å²) in [6, 6.07) is 11.3. The average Bonchev–Trinajstić information content (AvgIpc) is 2.77. The first kappa shape index (κ1) is 21.8. The van der Waals surface area contributed by atoms with Crippen LogP contribution in [0.1, 0.15) is 39.0 Å². The lowest BCUT2D eigenvalue weighted by molar-refractivity contribution is -0.121. The van der Waals surface area contributed by atoms with Gasteiger partial charge >= 0.3 is 0 Å². The Labute approximate surface area is 189 Å². The number of carbonyl (C=O) groups excluding carboxylic acids is 1. The maximum Gasteiger partial charge on any atom is 0.266 e. The molecular weight excluding hydrogens is 437 g/mol. The summed E-state index contributed by atoms with van der Waals surface area (Å²) in [6.45, 7) is 1.80.